The summed E-state index contributed by atoms with van der Waals surface area (Å²) >= 11 is 1.87. The summed E-state index contributed by atoms with van der Waals surface area (Å²) in [6, 6.07) is 2.02. The van der Waals surface area contributed by atoms with Crippen LogP contribution in [0.1, 0.15) is 22.3 Å². The highest BCUT2D eigenvalue weighted by Gasteiger charge is 2.18. The van der Waals surface area contributed by atoms with Gasteiger partial charge in [0.15, 0.2) is 0 Å². The minimum Gasteiger partial charge on any atom is -0.348 e. The number of hydrogen-bond acceptors (Lipinski definition) is 4. The van der Waals surface area contributed by atoms with E-state index in [0.29, 0.717) is 17.7 Å². The number of amides is 1. The minimum absolute atomic E-state index is 0.0774. The number of aromatic nitrogens is 1. The molecule has 0 aliphatic carbocycles. The van der Waals surface area contributed by atoms with Gasteiger partial charge >= 0.3 is 0 Å². The van der Waals surface area contributed by atoms with Gasteiger partial charge in [-0.3, -0.25) is 9.78 Å². The van der Waals surface area contributed by atoms with Gasteiger partial charge in [-0.05, 0) is 18.2 Å². The highest BCUT2D eigenvalue weighted by Crippen LogP contribution is 2.17. The van der Waals surface area contributed by atoms with Gasteiger partial charge in [0.1, 0.15) is 0 Å². The summed E-state index contributed by atoms with van der Waals surface area (Å²) in [7, 11) is 0. The number of nitrogens with zero attached hydrogens (tertiary/aromatic N) is 1. The molecule has 1 saturated heterocycles. The Balaban J connectivity index is 2.05. The maximum atomic E-state index is 12.0. The predicted octanol–water partition coefficient (Wildman–Crippen LogP) is 0.627. The van der Waals surface area contributed by atoms with Crippen molar-refractivity contribution in [3.05, 3.63) is 29.6 Å². The maximum absolute atomic E-state index is 12.0. The lowest BCUT2D eigenvalue weighted by Crippen LogP contribution is -2.34. The van der Waals surface area contributed by atoms with Crippen molar-refractivity contribution in [3.8, 4) is 11.8 Å². The van der Waals surface area contributed by atoms with Gasteiger partial charge in [0.2, 0.25) is 0 Å². The molecule has 1 amide bonds. The highest BCUT2D eigenvalue weighted by molar-refractivity contribution is 7.99. The van der Waals surface area contributed by atoms with Crippen LogP contribution in [0.3, 0.4) is 0 Å². The maximum Gasteiger partial charge on any atom is 0.253 e. The lowest BCUT2D eigenvalue weighted by Gasteiger charge is -2.10. The van der Waals surface area contributed by atoms with E-state index in [1.54, 1.807) is 18.5 Å². The smallest absolute Gasteiger partial charge is 0.253 e. The van der Waals surface area contributed by atoms with Gasteiger partial charge in [-0.2, -0.15) is 11.8 Å². The van der Waals surface area contributed by atoms with E-state index in [1.807, 2.05) is 11.8 Å². The molecule has 1 aliphatic heterocycles. The van der Waals surface area contributed by atoms with E-state index in [9.17, 15) is 4.79 Å². The number of carbonyl (C=O) groups excluding carboxylic acids is 1. The Labute approximate surface area is 111 Å². The monoisotopic (exact) mass is 261 g/mol. The third-order valence-corrected chi connectivity index (χ3v) is 3.76. The van der Waals surface area contributed by atoms with Gasteiger partial charge in [-0.15, -0.1) is 0 Å². The predicted molar refractivity (Wildman–Crippen MR) is 73.4 cm³/mol. The first-order valence-electron chi connectivity index (χ1n) is 5.82. The van der Waals surface area contributed by atoms with Crippen LogP contribution in [0.5, 0.6) is 0 Å². The average Bonchev–Trinajstić information content (AvgIpc) is 2.89. The first-order chi connectivity index (χ1) is 8.79. The van der Waals surface area contributed by atoms with E-state index in [-0.39, 0.29) is 11.9 Å². The standard InChI is InChI=1S/C13H15N3OS/c14-4-1-2-10-6-11(8-15-7-10)13(17)16-12-3-5-18-9-12/h6-8,12H,3-5,9,14H2,(H,16,17). The van der Waals surface area contributed by atoms with Crippen LogP contribution < -0.4 is 11.1 Å². The van der Waals surface area contributed by atoms with E-state index in [2.05, 4.69) is 22.1 Å². The third kappa shape index (κ3) is 3.49. The number of rotatable bonds is 2. The van der Waals surface area contributed by atoms with Crippen molar-refractivity contribution in [1.82, 2.24) is 10.3 Å². The van der Waals surface area contributed by atoms with Crippen LogP contribution in [-0.4, -0.2) is 35.0 Å². The van der Waals surface area contributed by atoms with Gasteiger partial charge < -0.3 is 11.1 Å². The summed E-state index contributed by atoms with van der Waals surface area (Å²) in [5.41, 5.74) is 6.58. The van der Waals surface area contributed by atoms with Crippen molar-refractivity contribution in [2.45, 2.75) is 12.5 Å². The molecule has 0 radical (unpaired) electrons. The van der Waals surface area contributed by atoms with Crippen molar-refractivity contribution in [1.29, 1.82) is 0 Å². The molecule has 3 N–H and O–H groups in total. The van der Waals surface area contributed by atoms with E-state index in [0.717, 1.165) is 17.9 Å². The fraction of sp³-hybridized carbons (Fsp3) is 0.385. The summed E-state index contributed by atoms with van der Waals surface area (Å²) in [6.45, 7) is 0.301. The first-order valence-corrected chi connectivity index (χ1v) is 6.97. The number of carbonyl (C=O) groups is 1. The van der Waals surface area contributed by atoms with Crippen LogP contribution in [0.25, 0.3) is 0 Å². The lowest BCUT2D eigenvalue weighted by molar-refractivity contribution is 0.0940. The van der Waals surface area contributed by atoms with Crippen LogP contribution in [0, 0.1) is 11.8 Å². The summed E-state index contributed by atoms with van der Waals surface area (Å²) < 4.78 is 0. The fourth-order valence-corrected chi connectivity index (χ4v) is 2.86. The molecule has 0 aromatic carbocycles. The average molecular weight is 261 g/mol. The van der Waals surface area contributed by atoms with Crippen molar-refractivity contribution >= 4 is 17.7 Å². The second kappa shape index (κ2) is 6.43. The molecule has 1 aromatic heterocycles. The van der Waals surface area contributed by atoms with Crippen LogP contribution >= 0.6 is 11.8 Å². The number of hydrogen-bond donors (Lipinski definition) is 2. The molecule has 1 aliphatic rings. The number of pyridine rings is 1. The quantitative estimate of drug-likeness (QED) is 0.766. The highest BCUT2D eigenvalue weighted by atomic mass is 32.2. The Hall–Kier alpha value is -1.51. The molecule has 0 saturated carbocycles. The molecule has 1 aromatic rings. The molecule has 0 bridgehead atoms. The Morgan fingerprint density at radius 2 is 2.50 bits per heavy atom. The molecule has 1 fully saturated rings. The van der Waals surface area contributed by atoms with E-state index < -0.39 is 0 Å². The largest absolute Gasteiger partial charge is 0.348 e. The Morgan fingerprint density at radius 3 is 3.22 bits per heavy atom. The van der Waals surface area contributed by atoms with Gasteiger partial charge in [0.05, 0.1) is 12.1 Å². The second-order valence-electron chi connectivity index (χ2n) is 4.00. The zero-order valence-electron chi connectivity index (χ0n) is 9.98. The molecule has 18 heavy (non-hydrogen) atoms. The normalized spacial score (nSPS) is 17.9. The van der Waals surface area contributed by atoms with Gasteiger partial charge in [-0.25, -0.2) is 0 Å². The SMILES string of the molecule is NCC#Cc1cncc(C(=O)NC2CCSC2)c1. The van der Waals surface area contributed by atoms with E-state index in [4.69, 9.17) is 5.73 Å². The Kier molecular flexibility index (Phi) is 4.62. The second-order valence-corrected chi connectivity index (χ2v) is 5.15. The molecule has 1 atom stereocenters. The van der Waals surface area contributed by atoms with Gasteiger partial charge in [-0.1, -0.05) is 11.8 Å². The molecule has 2 rings (SSSR count). The van der Waals surface area contributed by atoms with Crippen molar-refractivity contribution < 1.29 is 4.79 Å². The number of nitrogens with two attached hydrogens (primary N) is 1. The Morgan fingerprint density at radius 1 is 1.61 bits per heavy atom. The molecule has 1 unspecified atom stereocenters. The summed E-state index contributed by atoms with van der Waals surface area (Å²) in [5.74, 6) is 7.65. The van der Waals surface area contributed by atoms with Crippen molar-refractivity contribution in [2.75, 3.05) is 18.1 Å². The van der Waals surface area contributed by atoms with E-state index >= 15 is 0 Å². The van der Waals surface area contributed by atoms with Crippen molar-refractivity contribution in [3.63, 3.8) is 0 Å². The lowest BCUT2D eigenvalue weighted by atomic mass is 10.2. The van der Waals surface area contributed by atoms with E-state index in [1.165, 1.54) is 0 Å². The topological polar surface area (TPSA) is 68.0 Å². The van der Waals surface area contributed by atoms with Crippen LogP contribution in [0.4, 0.5) is 0 Å². The third-order valence-electron chi connectivity index (χ3n) is 2.60. The van der Waals surface area contributed by atoms with Crippen LogP contribution in [0.15, 0.2) is 18.5 Å². The fourth-order valence-electron chi connectivity index (χ4n) is 1.70. The summed E-state index contributed by atoms with van der Waals surface area (Å²) in [5, 5.41) is 3.01. The van der Waals surface area contributed by atoms with Crippen molar-refractivity contribution in [2.24, 2.45) is 5.73 Å². The molecule has 0 spiro atoms. The van der Waals surface area contributed by atoms with Crippen LogP contribution in [0.2, 0.25) is 0 Å². The molecular weight excluding hydrogens is 246 g/mol. The summed E-state index contributed by atoms with van der Waals surface area (Å²) in [6.07, 6.45) is 4.23. The summed E-state index contributed by atoms with van der Waals surface area (Å²) in [4.78, 5) is 16.0. The zero-order valence-corrected chi connectivity index (χ0v) is 10.8. The zero-order chi connectivity index (χ0) is 12.8. The number of thioether (sulfide) groups is 1. The van der Waals surface area contributed by atoms with Gasteiger partial charge in [0.25, 0.3) is 5.91 Å². The number of nitrogens with one attached hydrogen (secondary N) is 1. The molecule has 94 valence electrons. The van der Waals surface area contributed by atoms with Crippen LogP contribution in [-0.2, 0) is 0 Å². The first kappa shape index (κ1) is 12.9. The molecular formula is C13H15N3OS. The molecule has 4 nitrogen and oxygen atoms in total. The Bertz CT molecular complexity index is 486. The molecule has 2 heterocycles. The molecule has 5 heteroatoms. The van der Waals surface area contributed by atoms with Gasteiger partial charge in [0, 0.05) is 29.8 Å². The minimum atomic E-state index is -0.0774.